The second kappa shape index (κ2) is 5.52. The number of nitrogens with two attached hydrogens (primary N) is 1. The molecule has 0 fully saturated rings. The van der Waals surface area contributed by atoms with Gasteiger partial charge in [-0.25, -0.2) is 4.39 Å². The summed E-state index contributed by atoms with van der Waals surface area (Å²) in [6, 6.07) is 6.22. The van der Waals surface area contributed by atoms with Crippen molar-refractivity contribution >= 4 is 61.5 Å². The van der Waals surface area contributed by atoms with Gasteiger partial charge in [0.1, 0.15) is 10.2 Å². The van der Waals surface area contributed by atoms with Crippen molar-refractivity contribution in [3.8, 4) is 0 Å². The van der Waals surface area contributed by atoms with Crippen LogP contribution in [-0.4, -0.2) is 0 Å². The van der Waals surface area contributed by atoms with E-state index in [1.807, 2.05) is 6.07 Å². The first-order chi connectivity index (χ1) is 7.99. The van der Waals surface area contributed by atoms with E-state index in [0.717, 1.165) is 18.5 Å². The third-order valence-electron chi connectivity index (χ3n) is 2.27. The van der Waals surface area contributed by atoms with E-state index in [1.165, 1.54) is 23.5 Å². The predicted molar refractivity (Wildman–Crippen MR) is 82.2 cm³/mol. The number of thiophene rings is 1. The molecule has 0 aliphatic rings. The van der Waals surface area contributed by atoms with Crippen LogP contribution < -0.4 is 5.73 Å². The Morgan fingerprint density at radius 2 is 2.12 bits per heavy atom. The van der Waals surface area contributed by atoms with Crippen molar-refractivity contribution < 1.29 is 4.39 Å². The summed E-state index contributed by atoms with van der Waals surface area (Å²) < 4.78 is 15.3. The highest BCUT2D eigenvalue weighted by atomic mass is 127. The van der Waals surface area contributed by atoms with E-state index in [1.54, 1.807) is 6.07 Å². The highest BCUT2D eigenvalue weighted by Gasteiger charge is 2.16. The topological polar surface area (TPSA) is 26.0 Å². The lowest BCUT2D eigenvalue weighted by Gasteiger charge is -2.12. The Labute approximate surface area is 129 Å². The molecular weight excluding hydrogens is 439 g/mol. The highest BCUT2D eigenvalue weighted by Crippen LogP contribution is 2.37. The van der Waals surface area contributed by atoms with E-state index >= 15 is 0 Å². The van der Waals surface area contributed by atoms with Crippen molar-refractivity contribution in [1.82, 2.24) is 0 Å². The first-order valence-electron chi connectivity index (χ1n) is 4.64. The Morgan fingerprint density at radius 1 is 1.41 bits per heavy atom. The van der Waals surface area contributed by atoms with Crippen LogP contribution in [0.3, 0.4) is 0 Å². The van der Waals surface area contributed by atoms with Crippen molar-refractivity contribution in [2.45, 2.75) is 6.04 Å². The third-order valence-corrected chi connectivity index (χ3v) is 5.76. The molecule has 1 nitrogen and oxygen atoms in total. The summed E-state index contributed by atoms with van der Waals surface area (Å²) in [4.78, 5) is 0.950. The van der Waals surface area contributed by atoms with Gasteiger partial charge in [0, 0.05) is 12.9 Å². The maximum atomic E-state index is 13.0. The molecule has 2 N–H and O–H groups in total. The van der Waals surface area contributed by atoms with Crippen molar-refractivity contribution in [2.75, 3.05) is 0 Å². The van der Waals surface area contributed by atoms with Crippen LogP contribution in [0.4, 0.5) is 4.39 Å². The van der Waals surface area contributed by atoms with Crippen LogP contribution in [0.2, 0.25) is 4.34 Å². The zero-order chi connectivity index (χ0) is 12.6. The lowest BCUT2D eigenvalue weighted by Crippen LogP contribution is -2.11. The Bertz CT molecular complexity index is 541. The molecule has 0 saturated heterocycles. The zero-order valence-corrected chi connectivity index (χ0v) is 13.7. The van der Waals surface area contributed by atoms with Crippen molar-refractivity contribution in [2.24, 2.45) is 5.73 Å². The molecule has 0 aliphatic carbocycles. The van der Waals surface area contributed by atoms with E-state index in [-0.39, 0.29) is 11.9 Å². The van der Waals surface area contributed by atoms with Crippen LogP contribution in [0.15, 0.2) is 28.7 Å². The van der Waals surface area contributed by atoms with Gasteiger partial charge in [0.25, 0.3) is 0 Å². The highest BCUT2D eigenvalue weighted by molar-refractivity contribution is 14.1. The van der Waals surface area contributed by atoms with Crippen LogP contribution >= 0.6 is 61.5 Å². The van der Waals surface area contributed by atoms with Crippen LogP contribution in [-0.2, 0) is 0 Å². The predicted octanol–water partition coefficient (Wildman–Crippen LogP) is 4.96. The largest absolute Gasteiger partial charge is 0.320 e. The van der Waals surface area contributed by atoms with Crippen LogP contribution in [0.1, 0.15) is 16.5 Å². The van der Waals surface area contributed by atoms with Gasteiger partial charge in [0.15, 0.2) is 0 Å². The molecule has 17 heavy (non-hydrogen) atoms. The van der Waals surface area contributed by atoms with Gasteiger partial charge in [-0.15, -0.1) is 11.3 Å². The molecule has 0 radical (unpaired) electrons. The summed E-state index contributed by atoms with van der Waals surface area (Å²) in [5.41, 5.74) is 7.05. The van der Waals surface area contributed by atoms with E-state index in [2.05, 4.69) is 38.5 Å². The maximum absolute atomic E-state index is 13.0. The first kappa shape index (κ1) is 13.7. The third kappa shape index (κ3) is 3.01. The van der Waals surface area contributed by atoms with Gasteiger partial charge in [-0.1, -0.05) is 17.7 Å². The van der Waals surface area contributed by atoms with Gasteiger partial charge in [0.2, 0.25) is 0 Å². The molecule has 1 atom stereocenters. The minimum atomic E-state index is -0.281. The van der Waals surface area contributed by atoms with Crippen LogP contribution in [0.25, 0.3) is 0 Å². The standard InChI is InChI=1S/C11H7BrClFINS/c12-7-4-9(17-11(7)13)10(16)6-2-1-5(14)3-8(6)15/h1-4,10H,16H2. The van der Waals surface area contributed by atoms with Crippen LogP contribution in [0.5, 0.6) is 0 Å². The molecule has 2 rings (SSSR count). The summed E-state index contributed by atoms with van der Waals surface area (Å²) >= 11 is 12.8. The lowest BCUT2D eigenvalue weighted by molar-refractivity contribution is 0.625. The number of rotatable bonds is 2. The van der Waals surface area contributed by atoms with Gasteiger partial charge in [-0.2, -0.15) is 0 Å². The Kier molecular flexibility index (Phi) is 4.46. The molecule has 1 aromatic heterocycles. The molecule has 1 aromatic carbocycles. The average Bonchev–Trinajstić information content (AvgIpc) is 2.58. The molecule has 0 amide bonds. The molecule has 0 bridgehead atoms. The fraction of sp³-hybridized carbons (Fsp3) is 0.0909. The number of halogens is 4. The maximum Gasteiger partial charge on any atom is 0.124 e. The minimum Gasteiger partial charge on any atom is -0.320 e. The molecule has 6 heteroatoms. The molecule has 2 aromatic rings. The minimum absolute atomic E-state index is 0.254. The van der Waals surface area contributed by atoms with E-state index < -0.39 is 0 Å². The summed E-state index contributed by atoms with van der Waals surface area (Å²) in [5, 5.41) is 0. The van der Waals surface area contributed by atoms with Crippen molar-refractivity contribution in [1.29, 1.82) is 0 Å². The summed E-state index contributed by atoms with van der Waals surface area (Å²) in [5.74, 6) is -0.254. The molecule has 0 aliphatic heterocycles. The molecule has 90 valence electrons. The summed E-state index contributed by atoms with van der Waals surface area (Å²) in [7, 11) is 0. The number of benzene rings is 1. The Morgan fingerprint density at radius 3 is 2.65 bits per heavy atom. The Balaban J connectivity index is 2.39. The smallest absolute Gasteiger partial charge is 0.124 e. The quantitative estimate of drug-likeness (QED) is 0.649. The number of hydrogen-bond acceptors (Lipinski definition) is 2. The second-order valence-corrected chi connectivity index (χ2v) is 7.12. The molecule has 0 saturated carbocycles. The van der Waals surface area contributed by atoms with Crippen LogP contribution in [0, 0.1) is 9.39 Å². The van der Waals surface area contributed by atoms with Gasteiger partial charge < -0.3 is 5.73 Å². The average molecular weight is 447 g/mol. The SMILES string of the molecule is NC(c1cc(Br)c(Cl)s1)c1ccc(F)cc1I. The first-order valence-corrected chi connectivity index (χ1v) is 7.71. The van der Waals surface area contributed by atoms with Crippen molar-refractivity contribution in [3.63, 3.8) is 0 Å². The van der Waals surface area contributed by atoms with Gasteiger partial charge in [0.05, 0.1) is 6.04 Å². The number of hydrogen-bond donors (Lipinski definition) is 1. The van der Waals surface area contributed by atoms with E-state index in [9.17, 15) is 4.39 Å². The zero-order valence-electron chi connectivity index (χ0n) is 8.38. The molecule has 0 spiro atoms. The van der Waals surface area contributed by atoms with Gasteiger partial charge >= 0.3 is 0 Å². The fourth-order valence-electron chi connectivity index (χ4n) is 1.42. The normalized spacial score (nSPS) is 12.8. The van der Waals surface area contributed by atoms with E-state index in [4.69, 9.17) is 17.3 Å². The summed E-state index contributed by atoms with van der Waals surface area (Å²) in [6.45, 7) is 0. The molecular formula is C11H7BrClFINS. The fourth-order valence-corrected chi connectivity index (χ4v) is 3.99. The second-order valence-electron chi connectivity index (χ2n) is 3.41. The van der Waals surface area contributed by atoms with Gasteiger partial charge in [-0.3, -0.25) is 0 Å². The van der Waals surface area contributed by atoms with Crippen molar-refractivity contribution in [3.05, 3.63) is 52.9 Å². The molecule has 1 unspecified atom stereocenters. The lowest BCUT2D eigenvalue weighted by atomic mass is 10.1. The van der Waals surface area contributed by atoms with E-state index in [0.29, 0.717) is 4.34 Å². The van der Waals surface area contributed by atoms with Gasteiger partial charge in [-0.05, 0) is 62.3 Å². The molecule has 1 heterocycles. The monoisotopic (exact) mass is 445 g/mol. The summed E-state index contributed by atoms with van der Waals surface area (Å²) in [6.07, 6.45) is 0. The Hall–Kier alpha value is 0.310.